The largest absolute Gasteiger partial charge is 0.465 e. The number of carbonyl (C=O) groups is 2. The molecule has 0 radical (unpaired) electrons. The van der Waals surface area contributed by atoms with Crippen molar-refractivity contribution in [1.82, 2.24) is 9.47 Å². The Morgan fingerprint density at radius 1 is 0.977 bits per heavy atom. The molecule has 3 aromatic rings. The van der Waals surface area contributed by atoms with Gasteiger partial charge in [-0.05, 0) is 51.1 Å². The maximum atomic E-state index is 15.0. The predicted molar refractivity (Wildman–Crippen MR) is 157 cm³/mol. The van der Waals surface area contributed by atoms with Crippen molar-refractivity contribution in [3.8, 4) is 5.69 Å². The highest BCUT2D eigenvalue weighted by molar-refractivity contribution is 6.38. The average Bonchev–Trinajstić information content (AvgIpc) is 2.94. The van der Waals surface area contributed by atoms with Crippen LogP contribution in [0.4, 0.5) is 13.6 Å². The van der Waals surface area contributed by atoms with Crippen molar-refractivity contribution >= 4 is 41.0 Å². The molecule has 0 spiro atoms. The van der Waals surface area contributed by atoms with Crippen molar-refractivity contribution in [2.75, 3.05) is 20.2 Å². The molecule has 1 amide bonds. The fourth-order valence-corrected chi connectivity index (χ4v) is 5.04. The second-order valence-corrected chi connectivity index (χ2v) is 11.6. The summed E-state index contributed by atoms with van der Waals surface area (Å²) in [6.45, 7) is 6.08. The normalized spacial score (nSPS) is 14.4. The summed E-state index contributed by atoms with van der Waals surface area (Å²) in [5.41, 5.74) is -0.912. The summed E-state index contributed by atoms with van der Waals surface area (Å²) in [5.74, 6) is -2.37. The number of ether oxygens (including phenoxy) is 2. The van der Waals surface area contributed by atoms with Crippen molar-refractivity contribution in [3.63, 3.8) is 0 Å². The standard InChI is InChI=1S/C30H29Cl2F2N3O6/c1-30(2,3)42-29(40)36-11-9-20(10-12-36)43-35-26(21-7-6-19(33)15-24(21)34)17-5-8-25(38)37(16-17)27-22(31)13-18(14-23(27)32)28(39)41-4/h5-8,13-16,20H,9-12H2,1-4H3/b35-26+. The van der Waals surface area contributed by atoms with E-state index >= 15 is 4.39 Å². The Balaban J connectivity index is 1.68. The van der Waals surface area contributed by atoms with Crippen LogP contribution in [-0.4, -0.2) is 59.1 Å². The van der Waals surface area contributed by atoms with Gasteiger partial charge in [0.1, 0.15) is 29.1 Å². The Hall–Kier alpha value is -3.96. The third-order valence-electron chi connectivity index (χ3n) is 6.44. The number of amides is 1. The Labute approximate surface area is 256 Å². The molecule has 1 fully saturated rings. The predicted octanol–water partition coefficient (Wildman–Crippen LogP) is 6.38. The van der Waals surface area contributed by atoms with Crippen LogP contribution in [-0.2, 0) is 14.3 Å². The van der Waals surface area contributed by atoms with Gasteiger partial charge in [0, 0.05) is 55.4 Å². The van der Waals surface area contributed by atoms with E-state index in [1.54, 1.807) is 25.7 Å². The number of oxime groups is 1. The minimum absolute atomic E-state index is 0.0217. The van der Waals surface area contributed by atoms with Gasteiger partial charge in [0.15, 0.2) is 0 Å². The number of hydrogen-bond acceptors (Lipinski definition) is 7. The van der Waals surface area contributed by atoms with Crippen LogP contribution in [0, 0.1) is 11.6 Å². The lowest BCUT2D eigenvalue weighted by Gasteiger charge is -2.32. The number of benzene rings is 2. The SMILES string of the molecule is COC(=O)c1cc(Cl)c(-n2cc(/C(=N\OC3CCN(C(=O)OC(C)(C)C)CC3)c3ccc(F)cc3F)ccc2=O)c(Cl)c1. The Bertz CT molecular complexity index is 1610. The van der Waals surface area contributed by atoms with Crippen LogP contribution in [0.3, 0.4) is 0 Å². The number of hydrogen-bond donors (Lipinski definition) is 0. The molecule has 1 aliphatic heterocycles. The van der Waals surface area contributed by atoms with Crippen LogP contribution in [0.2, 0.25) is 10.0 Å². The fourth-order valence-electron chi connectivity index (χ4n) is 4.37. The minimum Gasteiger partial charge on any atom is -0.465 e. The van der Waals surface area contributed by atoms with E-state index in [2.05, 4.69) is 5.16 Å². The lowest BCUT2D eigenvalue weighted by atomic mass is 10.0. The van der Waals surface area contributed by atoms with E-state index in [9.17, 15) is 18.8 Å². The summed E-state index contributed by atoms with van der Waals surface area (Å²) in [6, 6.07) is 8.19. The van der Waals surface area contributed by atoms with E-state index in [1.807, 2.05) is 0 Å². The number of halogens is 4. The van der Waals surface area contributed by atoms with E-state index in [0.717, 1.165) is 10.6 Å². The molecule has 0 saturated carbocycles. The van der Waals surface area contributed by atoms with E-state index < -0.39 is 41.0 Å². The Morgan fingerprint density at radius 2 is 1.63 bits per heavy atom. The van der Waals surface area contributed by atoms with Gasteiger partial charge in [0.05, 0.1) is 28.4 Å². The van der Waals surface area contributed by atoms with Gasteiger partial charge in [-0.15, -0.1) is 0 Å². The van der Waals surface area contributed by atoms with Crippen LogP contribution in [0.5, 0.6) is 0 Å². The first-order chi connectivity index (χ1) is 20.3. The van der Waals surface area contributed by atoms with Crippen LogP contribution >= 0.6 is 23.2 Å². The lowest BCUT2D eigenvalue weighted by Crippen LogP contribution is -2.43. The minimum atomic E-state index is -0.904. The van der Waals surface area contributed by atoms with E-state index in [1.165, 1.54) is 43.6 Å². The molecule has 1 aliphatic rings. The van der Waals surface area contributed by atoms with Crippen molar-refractivity contribution in [3.05, 3.63) is 97.4 Å². The molecule has 2 heterocycles. The molecule has 9 nitrogen and oxygen atoms in total. The van der Waals surface area contributed by atoms with Crippen LogP contribution in [0.25, 0.3) is 5.69 Å². The van der Waals surface area contributed by atoms with Crippen LogP contribution in [0.1, 0.15) is 55.1 Å². The van der Waals surface area contributed by atoms with Gasteiger partial charge in [0.25, 0.3) is 5.56 Å². The number of nitrogens with zero attached hydrogens (tertiary/aromatic N) is 3. The second-order valence-electron chi connectivity index (χ2n) is 10.7. The zero-order chi connectivity index (χ0) is 31.5. The van der Waals surface area contributed by atoms with Gasteiger partial charge in [-0.1, -0.05) is 28.4 Å². The van der Waals surface area contributed by atoms with Gasteiger partial charge in [-0.2, -0.15) is 0 Å². The molecular formula is C30H29Cl2F2N3O6. The lowest BCUT2D eigenvalue weighted by molar-refractivity contribution is -0.00979. The number of likely N-dealkylation sites (tertiary alicyclic amines) is 1. The summed E-state index contributed by atoms with van der Waals surface area (Å²) in [7, 11) is 1.20. The highest BCUT2D eigenvalue weighted by Crippen LogP contribution is 2.30. The maximum absolute atomic E-state index is 15.0. The molecule has 43 heavy (non-hydrogen) atoms. The maximum Gasteiger partial charge on any atom is 0.410 e. The monoisotopic (exact) mass is 635 g/mol. The van der Waals surface area contributed by atoms with Gasteiger partial charge >= 0.3 is 12.1 Å². The summed E-state index contributed by atoms with van der Waals surface area (Å²) >= 11 is 12.8. The number of aromatic nitrogens is 1. The molecule has 4 rings (SSSR count). The highest BCUT2D eigenvalue weighted by Gasteiger charge is 2.28. The molecule has 0 atom stereocenters. The first kappa shape index (κ1) is 32.0. The number of methoxy groups -OCH3 is 1. The summed E-state index contributed by atoms with van der Waals surface area (Å²) < 4.78 is 40.1. The van der Waals surface area contributed by atoms with E-state index in [4.69, 9.17) is 37.5 Å². The third kappa shape index (κ3) is 7.71. The number of pyridine rings is 1. The quantitative estimate of drug-likeness (QED) is 0.177. The Kier molecular flexibility index (Phi) is 9.76. The smallest absolute Gasteiger partial charge is 0.410 e. The third-order valence-corrected chi connectivity index (χ3v) is 7.01. The highest BCUT2D eigenvalue weighted by atomic mass is 35.5. The van der Waals surface area contributed by atoms with Crippen molar-refractivity contribution in [2.45, 2.75) is 45.3 Å². The summed E-state index contributed by atoms with van der Waals surface area (Å²) in [4.78, 5) is 44.7. The molecule has 0 N–H and O–H groups in total. The van der Waals surface area contributed by atoms with Crippen molar-refractivity contribution in [1.29, 1.82) is 0 Å². The van der Waals surface area contributed by atoms with Gasteiger partial charge in [0.2, 0.25) is 0 Å². The van der Waals surface area contributed by atoms with Crippen LogP contribution in [0.15, 0.2) is 58.6 Å². The fraction of sp³-hybridized carbons (Fsp3) is 0.333. The molecule has 1 saturated heterocycles. The van der Waals surface area contributed by atoms with Gasteiger partial charge < -0.3 is 19.2 Å². The van der Waals surface area contributed by atoms with Crippen molar-refractivity contribution < 1.29 is 32.7 Å². The molecular weight excluding hydrogens is 607 g/mol. The topological polar surface area (TPSA) is 99.4 Å². The number of carbonyl (C=O) groups excluding carboxylic acids is 2. The molecule has 0 unspecified atom stereocenters. The molecule has 0 bridgehead atoms. The molecule has 13 heteroatoms. The van der Waals surface area contributed by atoms with E-state index in [0.29, 0.717) is 32.0 Å². The molecule has 2 aromatic carbocycles. The zero-order valence-corrected chi connectivity index (χ0v) is 25.3. The van der Waals surface area contributed by atoms with Gasteiger partial charge in [-0.25, -0.2) is 18.4 Å². The zero-order valence-electron chi connectivity index (χ0n) is 23.8. The average molecular weight is 636 g/mol. The number of esters is 1. The van der Waals surface area contributed by atoms with Gasteiger partial charge in [-0.3, -0.25) is 9.36 Å². The molecule has 0 aliphatic carbocycles. The first-order valence-corrected chi connectivity index (χ1v) is 14.0. The number of rotatable bonds is 6. The van der Waals surface area contributed by atoms with Crippen molar-refractivity contribution in [2.24, 2.45) is 5.16 Å². The molecule has 1 aromatic heterocycles. The number of piperidine rings is 1. The summed E-state index contributed by atoms with van der Waals surface area (Å²) in [5, 5.41) is 4.20. The Morgan fingerprint density at radius 3 is 2.21 bits per heavy atom. The summed E-state index contributed by atoms with van der Waals surface area (Å²) in [6.07, 6.45) is 1.35. The first-order valence-electron chi connectivity index (χ1n) is 13.3. The van der Waals surface area contributed by atoms with Crippen LogP contribution < -0.4 is 5.56 Å². The second kappa shape index (κ2) is 13.1. The molecule has 228 valence electrons. The van der Waals surface area contributed by atoms with E-state index in [-0.39, 0.29) is 38.1 Å².